The Bertz CT molecular complexity index is 2610. The van der Waals surface area contributed by atoms with Crippen molar-refractivity contribution in [1.82, 2.24) is 19.9 Å². The molecule has 0 saturated heterocycles. The Morgan fingerprint density at radius 3 is 1.56 bits per heavy atom. The topological polar surface area (TPSA) is 51.6 Å². The van der Waals surface area contributed by atoms with E-state index in [1.807, 2.05) is 24.3 Å². The van der Waals surface area contributed by atoms with Crippen LogP contribution in [-0.4, -0.2) is 19.9 Å². The van der Waals surface area contributed by atoms with Crippen molar-refractivity contribution in [2.45, 2.75) is 0 Å². The molecule has 0 spiro atoms. The van der Waals surface area contributed by atoms with Gasteiger partial charge in [-0.05, 0) is 62.4 Å². The van der Waals surface area contributed by atoms with Gasteiger partial charge in [0, 0.05) is 29.1 Å². The van der Waals surface area contributed by atoms with Crippen LogP contribution in [-0.2, 0) is 0 Å². The molecule has 0 radical (unpaired) electrons. The quantitative estimate of drug-likeness (QED) is 0.182. The van der Waals surface area contributed by atoms with Gasteiger partial charge < -0.3 is 0 Å². The van der Waals surface area contributed by atoms with Crippen molar-refractivity contribution in [2.24, 2.45) is 0 Å². The molecule has 0 atom stereocenters. The fraction of sp³-hybridized carbons (Fsp3) is 0. The minimum atomic E-state index is 0.699. The van der Waals surface area contributed by atoms with Crippen LogP contribution in [0.15, 0.2) is 182 Å². The van der Waals surface area contributed by atoms with Gasteiger partial charge in [0.05, 0.1) is 22.4 Å². The lowest BCUT2D eigenvalue weighted by atomic mass is 9.97. The second kappa shape index (κ2) is 12.7. The summed E-state index contributed by atoms with van der Waals surface area (Å²) in [6.07, 6.45) is 3.45. The van der Waals surface area contributed by atoms with Gasteiger partial charge in [-0.25, -0.2) is 9.97 Å². The van der Waals surface area contributed by atoms with Gasteiger partial charge in [0.25, 0.3) is 0 Å². The molecule has 0 fully saturated rings. The molecule has 0 unspecified atom stereocenters. The van der Waals surface area contributed by atoms with Crippen molar-refractivity contribution in [2.75, 3.05) is 0 Å². The number of hydrogen-bond donors (Lipinski definition) is 0. The van der Waals surface area contributed by atoms with Crippen molar-refractivity contribution in [1.29, 1.82) is 0 Å². The molecule has 0 amide bonds. The number of fused-ring (bicyclic) bond motifs is 2. The molecular formula is C46H30N4. The van der Waals surface area contributed by atoms with E-state index in [-0.39, 0.29) is 0 Å². The van der Waals surface area contributed by atoms with Crippen LogP contribution in [0.2, 0.25) is 0 Å². The summed E-state index contributed by atoms with van der Waals surface area (Å²) in [5.74, 6) is 0.699. The first-order valence-corrected chi connectivity index (χ1v) is 16.7. The van der Waals surface area contributed by atoms with Gasteiger partial charge in [0.2, 0.25) is 0 Å². The summed E-state index contributed by atoms with van der Waals surface area (Å²) >= 11 is 0. The summed E-state index contributed by atoms with van der Waals surface area (Å²) in [4.78, 5) is 19.0. The van der Waals surface area contributed by atoms with Gasteiger partial charge in [-0.15, -0.1) is 0 Å². The molecule has 2 aromatic heterocycles. The van der Waals surface area contributed by atoms with E-state index in [2.05, 4.69) is 156 Å². The summed E-state index contributed by atoms with van der Waals surface area (Å²) < 4.78 is 0. The van der Waals surface area contributed by atoms with Crippen LogP contribution < -0.4 is 0 Å². The normalized spacial score (nSPS) is 11.2. The van der Waals surface area contributed by atoms with Crippen LogP contribution in [0.5, 0.6) is 0 Å². The lowest BCUT2D eigenvalue weighted by Crippen LogP contribution is -1.96. The molecule has 9 aromatic rings. The molecular weight excluding hydrogens is 609 g/mol. The SMILES string of the molecule is c1ccc(-c2cc(-c3ccc(-c4ccc(-c5ccc6nccnc6c5)cc4)cc3)nc(-c3ccc(-c4cccc5ccccc45)cc3)n2)cc1. The van der Waals surface area contributed by atoms with E-state index in [0.717, 1.165) is 61.4 Å². The number of aromatic nitrogens is 4. The number of hydrogen-bond acceptors (Lipinski definition) is 4. The number of benzene rings is 7. The fourth-order valence-electron chi connectivity index (χ4n) is 6.59. The van der Waals surface area contributed by atoms with Crippen LogP contribution in [0, 0.1) is 0 Å². The summed E-state index contributed by atoms with van der Waals surface area (Å²) in [5, 5.41) is 2.48. The van der Waals surface area contributed by atoms with Crippen molar-refractivity contribution in [3.8, 4) is 67.3 Å². The Kier molecular flexibility index (Phi) is 7.45. The highest BCUT2D eigenvalue weighted by molar-refractivity contribution is 5.96. The first-order valence-electron chi connectivity index (χ1n) is 16.7. The van der Waals surface area contributed by atoms with E-state index >= 15 is 0 Å². The lowest BCUT2D eigenvalue weighted by molar-refractivity contribution is 1.18. The third-order valence-corrected chi connectivity index (χ3v) is 9.24. The van der Waals surface area contributed by atoms with Gasteiger partial charge in [0.1, 0.15) is 0 Å². The zero-order chi connectivity index (χ0) is 33.3. The second-order valence-corrected chi connectivity index (χ2v) is 12.3. The Hall–Kier alpha value is -6.78. The third-order valence-electron chi connectivity index (χ3n) is 9.24. The van der Waals surface area contributed by atoms with Gasteiger partial charge in [-0.1, -0.05) is 152 Å². The minimum absolute atomic E-state index is 0.699. The molecule has 0 bridgehead atoms. The fourth-order valence-corrected chi connectivity index (χ4v) is 6.59. The molecule has 0 N–H and O–H groups in total. The first-order chi connectivity index (χ1) is 24.7. The zero-order valence-corrected chi connectivity index (χ0v) is 27.1. The molecule has 4 heteroatoms. The summed E-state index contributed by atoms with van der Waals surface area (Å²) in [6.45, 7) is 0. The Morgan fingerprint density at radius 2 is 0.840 bits per heavy atom. The maximum atomic E-state index is 5.10. The van der Waals surface area contributed by atoms with E-state index < -0.39 is 0 Å². The van der Waals surface area contributed by atoms with Crippen molar-refractivity contribution >= 4 is 21.8 Å². The molecule has 9 rings (SSSR count). The average molecular weight is 639 g/mol. The second-order valence-electron chi connectivity index (χ2n) is 12.3. The summed E-state index contributed by atoms with van der Waals surface area (Å²) in [6, 6.07) is 59.5. The average Bonchev–Trinajstić information content (AvgIpc) is 3.21. The first kappa shape index (κ1) is 29.4. The Labute approximate surface area is 290 Å². The highest BCUT2D eigenvalue weighted by Gasteiger charge is 2.12. The predicted octanol–water partition coefficient (Wildman–Crippen LogP) is 11.6. The zero-order valence-electron chi connectivity index (χ0n) is 27.1. The third kappa shape index (κ3) is 5.69. The maximum Gasteiger partial charge on any atom is 0.160 e. The van der Waals surface area contributed by atoms with Gasteiger partial charge in [0.15, 0.2) is 5.82 Å². The number of nitrogens with zero attached hydrogens (tertiary/aromatic N) is 4. The van der Waals surface area contributed by atoms with Gasteiger partial charge in [-0.2, -0.15) is 0 Å². The molecule has 234 valence electrons. The molecule has 7 aromatic carbocycles. The van der Waals surface area contributed by atoms with Gasteiger partial charge >= 0.3 is 0 Å². The van der Waals surface area contributed by atoms with E-state index in [1.54, 1.807) is 12.4 Å². The molecule has 0 aliphatic heterocycles. The molecule has 2 heterocycles. The summed E-state index contributed by atoms with van der Waals surface area (Å²) in [5.41, 5.74) is 13.6. The number of rotatable bonds is 6. The largest absolute Gasteiger partial charge is 0.253 e. The van der Waals surface area contributed by atoms with E-state index in [0.29, 0.717) is 5.82 Å². The van der Waals surface area contributed by atoms with Crippen LogP contribution in [0.25, 0.3) is 89.1 Å². The molecule has 50 heavy (non-hydrogen) atoms. The smallest absolute Gasteiger partial charge is 0.160 e. The van der Waals surface area contributed by atoms with Crippen LogP contribution in [0.1, 0.15) is 0 Å². The standard InChI is InChI=1S/C46H30N4/c1-2-8-36(9-3-1)43-30-44(50-46(49-43)38-23-19-35(20-24-38)41-12-6-10-34-7-4-5-11-40(34)41)37-21-17-32(18-22-37)31-13-15-33(16-14-31)39-25-26-42-45(29-39)48-28-27-47-42/h1-30H. The van der Waals surface area contributed by atoms with E-state index in [4.69, 9.17) is 9.97 Å². The van der Waals surface area contributed by atoms with Crippen LogP contribution in [0.3, 0.4) is 0 Å². The minimum Gasteiger partial charge on any atom is -0.253 e. The predicted molar refractivity (Wildman–Crippen MR) is 205 cm³/mol. The van der Waals surface area contributed by atoms with Crippen molar-refractivity contribution in [3.63, 3.8) is 0 Å². The van der Waals surface area contributed by atoms with Crippen molar-refractivity contribution < 1.29 is 0 Å². The van der Waals surface area contributed by atoms with E-state index in [9.17, 15) is 0 Å². The highest BCUT2D eigenvalue weighted by atomic mass is 14.9. The van der Waals surface area contributed by atoms with Gasteiger partial charge in [-0.3, -0.25) is 9.97 Å². The monoisotopic (exact) mass is 638 g/mol. The molecule has 4 nitrogen and oxygen atoms in total. The lowest BCUT2D eigenvalue weighted by Gasteiger charge is -2.11. The highest BCUT2D eigenvalue weighted by Crippen LogP contribution is 2.33. The summed E-state index contributed by atoms with van der Waals surface area (Å²) in [7, 11) is 0. The Balaban J connectivity index is 1.03. The van der Waals surface area contributed by atoms with Crippen LogP contribution >= 0.6 is 0 Å². The molecule has 0 aliphatic carbocycles. The van der Waals surface area contributed by atoms with E-state index in [1.165, 1.54) is 21.9 Å². The molecule has 0 aliphatic rings. The van der Waals surface area contributed by atoms with Crippen molar-refractivity contribution in [3.05, 3.63) is 182 Å². The molecule has 0 saturated carbocycles. The Morgan fingerprint density at radius 1 is 0.320 bits per heavy atom. The van der Waals surface area contributed by atoms with Crippen LogP contribution in [0.4, 0.5) is 0 Å². The maximum absolute atomic E-state index is 5.10.